The van der Waals surface area contributed by atoms with Gasteiger partial charge in [-0.15, -0.1) is 0 Å². The molecule has 4 aromatic rings. The fourth-order valence-electron chi connectivity index (χ4n) is 3.66. The number of hydrogen-bond donors (Lipinski definition) is 2. The van der Waals surface area contributed by atoms with E-state index in [-0.39, 0.29) is 0 Å². The number of anilines is 3. The third kappa shape index (κ3) is 4.23. The van der Waals surface area contributed by atoms with Crippen LogP contribution in [0.2, 0.25) is 0 Å². The number of fused-ring (bicyclic) bond motifs is 1. The van der Waals surface area contributed by atoms with E-state index >= 15 is 0 Å². The Morgan fingerprint density at radius 3 is 2.68 bits per heavy atom. The standard InChI is InChI=1S/C22H25N7O2/c1-28(2)14-16-12-18-20(31-16)21(29-8-10-30-11-9-29)25-22(23-18)24-19-13-17(26-27-19)15-6-4-3-5-7-15/h3-7,12-13H,8-11,14H2,1-2H3,(H2,23,24,25,26,27). The van der Waals surface area contributed by atoms with Gasteiger partial charge < -0.3 is 24.3 Å². The zero-order chi connectivity index (χ0) is 21.2. The maximum Gasteiger partial charge on any atom is 0.231 e. The highest BCUT2D eigenvalue weighted by Gasteiger charge is 2.21. The molecule has 1 fully saturated rings. The van der Waals surface area contributed by atoms with E-state index in [1.165, 1.54) is 0 Å². The summed E-state index contributed by atoms with van der Waals surface area (Å²) in [6, 6.07) is 14.0. The number of nitrogens with zero attached hydrogens (tertiary/aromatic N) is 5. The first-order valence-electron chi connectivity index (χ1n) is 10.3. The molecule has 0 saturated carbocycles. The zero-order valence-electron chi connectivity index (χ0n) is 17.6. The minimum atomic E-state index is 0.495. The van der Waals surface area contributed by atoms with Crippen LogP contribution in [0.4, 0.5) is 17.6 Å². The number of benzene rings is 1. The van der Waals surface area contributed by atoms with Crippen molar-refractivity contribution in [2.45, 2.75) is 6.54 Å². The first kappa shape index (κ1) is 19.5. The molecule has 1 saturated heterocycles. The molecule has 0 radical (unpaired) electrons. The summed E-state index contributed by atoms with van der Waals surface area (Å²) in [5, 5.41) is 10.7. The Bertz CT molecular complexity index is 1160. The summed E-state index contributed by atoms with van der Waals surface area (Å²) in [6.45, 7) is 3.55. The van der Waals surface area contributed by atoms with Crippen LogP contribution in [0, 0.1) is 0 Å². The third-order valence-corrected chi connectivity index (χ3v) is 5.08. The topological polar surface area (TPSA) is 95.3 Å². The lowest BCUT2D eigenvalue weighted by Gasteiger charge is -2.27. The highest BCUT2D eigenvalue weighted by atomic mass is 16.5. The molecule has 160 valence electrons. The predicted molar refractivity (Wildman–Crippen MR) is 120 cm³/mol. The summed E-state index contributed by atoms with van der Waals surface area (Å²) in [5.41, 5.74) is 3.38. The number of H-pyrrole nitrogens is 1. The monoisotopic (exact) mass is 419 g/mol. The summed E-state index contributed by atoms with van der Waals surface area (Å²) < 4.78 is 11.6. The van der Waals surface area contributed by atoms with Gasteiger partial charge in [-0.3, -0.25) is 5.10 Å². The smallest absolute Gasteiger partial charge is 0.231 e. The number of aromatic amines is 1. The first-order valence-corrected chi connectivity index (χ1v) is 10.3. The Balaban J connectivity index is 1.49. The maximum absolute atomic E-state index is 6.13. The summed E-state index contributed by atoms with van der Waals surface area (Å²) in [6.07, 6.45) is 0. The van der Waals surface area contributed by atoms with E-state index in [0.717, 1.165) is 47.3 Å². The normalized spacial score (nSPS) is 14.5. The molecule has 5 rings (SSSR count). The number of furan rings is 1. The highest BCUT2D eigenvalue weighted by molar-refractivity contribution is 5.86. The molecule has 4 heterocycles. The number of nitrogens with one attached hydrogen (secondary N) is 2. The van der Waals surface area contributed by atoms with E-state index in [4.69, 9.17) is 19.1 Å². The Kier molecular flexibility index (Phi) is 5.27. The lowest BCUT2D eigenvalue weighted by atomic mass is 10.2. The second kappa shape index (κ2) is 8.37. The van der Waals surface area contributed by atoms with Crippen molar-refractivity contribution < 1.29 is 9.15 Å². The molecule has 0 unspecified atom stereocenters. The SMILES string of the molecule is CN(C)Cc1cc2nc(Nc3cc(-c4ccccc4)n[nH]3)nc(N3CCOCC3)c2o1. The summed E-state index contributed by atoms with van der Waals surface area (Å²) >= 11 is 0. The van der Waals surface area contributed by atoms with E-state index in [1.54, 1.807) is 0 Å². The molecule has 9 heteroatoms. The van der Waals surface area contributed by atoms with Crippen LogP contribution >= 0.6 is 0 Å². The van der Waals surface area contributed by atoms with Gasteiger partial charge in [-0.1, -0.05) is 30.3 Å². The van der Waals surface area contributed by atoms with Crippen molar-refractivity contribution >= 4 is 28.7 Å². The highest BCUT2D eigenvalue weighted by Crippen LogP contribution is 2.30. The Labute approximate surface area is 180 Å². The van der Waals surface area contributed by atoms with Gasteiger partial charge in [-0.2, -0.15) is 10.1 Å². The molecule has 0 atom stereocenters. The summed E-state index contributed by atoms with van der Waals surface area (Å²) in [5.74, 6) is 2.86. The van der Waals surface area contributed by atoms with Gasteiger partial charge >= 0.3 is 0 Å². The molecule has 1 aromatic carbocycles. The minimum Gasteiger partial charge on any atom is -0.454 e. The summed E-state index contributed by atoms with van der Waals surface area (Å²) in [4.78, 5) is 13.7. The Hall–Kier alpha value is -3.43. The van der Waals surface area contributed by atoms with Crippen LogP contribution in [0.3, 0.4) is 0 Å². The van der Waals surface area contributed by atoms with Crippen LogP contribution < -0.4 is 10.2 Å². The first-order chi connectivity index (χ1) is 15.2. The van der Waals surface area contributed by atoms with Gasteiger partial charge in [0.15, 0.2) is 11.4 Å². The quantitative estimate of drug-likeness (QED) is 0.492. The molecule has 1 aliphatic heterocycles. The fourth-order valence-corrected chi connectivity index (χ4v) is 3.66. The van der Waals surface area contributed by atoms with Crippen LogP contribution in [0.15, 0.2) is 46.9 Å². The number of hydrogen-bond acceptors (Lipinski definition) is 8. The average molecular weight is 419 g/mol. The summed E-state index contributed by atoms with van der Waals surface area (Å²) in [7, 11) is 4.02. The van der Waals surface area contributed by atoms with Crippen LogP contribution in [0.1, 0.15) is 5.76 Å². The molecule has 3 aromatic heterocycles. The maximum atomic E-state index is 6.13. The number of ether oxygens (including phenoxy) is 1. The Morgan fingerprint density at radius 2 is 1.90 bits per heavy atom. The van der Waals surface area contributed by atoms with E-state index in [0.29, 0.717) is 31.3 Å². The van der Waals surface area contributed by atoms with Crippen molar-refractivity contribution in [2.75, 3.05) is 50.6 Å². The molecule has 1 aliphatic rings. The lowest BCUT2D eigenvalue weighted by Crippen LogP contribution is -2.37. The molecule has 31 heavy (non-hydrogen) atoms. The van der Waals surface area contributed by atoms with Crippen LogP contribution in [0.5, 0.6) is 0 Å². The second-order valence-corrected chi connectivity index (χ2v) is 7.79. The largest absolute Gasteiger partial charge is 0.454 e. The third-order valence-electron chi connectivity index (χ3n) is 5.08. The van der Waals surface area contributed by atoms with E-state index < -0.39 is 0 Å². The molecule has 0 bridgehead atoms. The number of aromatic nitrogens is 4. The van der Waals surface area contributed by atoms with Crippen molar-refractivity contribution in [3.63, 3.8) is 0 Å². The van der Waals surface area contributed by atoms with Gasteiger partial charge in [-0.25, -0.2) is 4.98 Å². The average Bonchev–Trinajstić information content (AvgIpc) is 3.40. The minimum absolute atomic E-state index is 0.495. The van der Waals surface area contributed by atoms with Gasteiger partial charge in [0, 0.05) is 30.8 Å². The van der Waals surface area contributed by atoms with Crippen molar-refractivity contribution in [1.29, 1.82) is 0 Å². The van der Waals surface area contributed by atoms with Gasteiger partial charge in [0.1, 0.15) is 17.1 Å². The van der Waals surface area contributed by atoms with Crippen LogP contribution in [0.25, 0.3) is 22.4 Å². The van der Waals surface area contributed by atoms with Crippen molar-refractivity contribution in [3.05, 3.63) is 48.2 Å². The fraction of sp³-hybridized carbons (Fsp3) is 0.318. The van der Waals surface area contributed by atoms with E-state index in [9.17, 15) is 0 Å². The van der Waals surface area contributed by atoms with Crippen molar-refractivity contribution in [2.24, 2.45) is 0 Å². The molecule has 0 spiro atoms. The van der Waals surface area contributed by atoms with Crippen molar-refractivity contribution in [1.82, 2.24) is 25.1 Å². The van der Waals surface area contributed by atoms with Gasteiger partial charge in [0.05, 0.1) is 25.5 Å². The second-order valence-electron chi connectivity index (χ2n) is 7.79. The lowest BCUT2D eigenvalue weighted by molar-refractivity contribution is 0.122. The predicted octanol–water partition coefficient (Wildman–Crippen LogP) is 3.25. The van der Waals surface area contributed by atoms with E-state index in [2.05, 4.69) is 25.3 Å². The van der Waals surface area contributed by atoms with Crippen molar-refractivity contribution in [3.8, 4) is 11.3 Å². The Morgan fingerprint density at radius 1 is 1.10 bits per heavy atom. The number of morpholine rings is 1. The molecule has 0 aliphatic carbocycles. The van der Waals surface area contributed by atoms with Gasteiger partial charge in [0.2, 0.25) is 5.95 Å². The molecule has 9 nitrogen and oxygen atoms in total. The number of rotatable bonds is 6. The zero-order valence-corrected chi connectivity index (χ0v) is 17.6. The van der Waals surface area contributed by atoms with Gasteiger partial charge in [0.25, 0.3) is 0 Å². The molecular formula is C22H25N7O2. The van der Waals surface area contributed by atoms with Crippen LogP contribution in [-0.4, -0.2) is 65.5 Å². The molecular weight excluding hydrogens is 394 g/mol. The molecule has 0 amide bonds. The molecule has 2 N–H and O–H groups in total. The van der Waals surface area contributed by atoms with E-state index in [1.807, 2.05) is 56.6 Å². The van der Waals surface area contributed by atoms with Gasteiger partial charge in [-0.05, 0) is 14.1 Å². The van der Waals surface area contributed by atoms with Crippen LogP contribution in [-0.2, 0) is 11.3 Å².